The van der Waals surface area contributed by atoms with Crippen molar-refractivity contribution in [1.82, 2.24) is 4.57 Å². The van der Waals surface area contributed by atoms with Gasteiger partial charge in [-0.25, -0.2) is 9.79 Å². The summed E-state index contributed by atoms with van der Waals surface area (Å²) in [5, 5.41) is 2.00. The van der Waals surface area contributed by atoms with Crippen LogP contribution in [-0.2, 0) is 9.53 Å². The molecule has 8 heteroatoms. The first-order valence-corrected chi connectivity index (χ1v) is 10.9. The molecule has 1 aromatic carbocycles. The second-order valence-electron chi connectivity index (χ2n) is 6.81. The molecule has 0 N–H and O–H groups in total. The highest BCUT2D eigenvalue weighted by atomic mass is 32.1. The van der Waals surface area contributed by atoms with Crippen LogP contribution in [0.15, 0.2) is 56.8 Å². The van der Waals surface area contributed by atoms with Crippen molar-refractivity contribution in [2.75, 3.05) is 14.2 Å². The third-order valence-corrected chi connectivity index (χ3v) is 6.97. The molecule has 0 fully saturated rings. The lowest BCUT2D eigenvalue weighted by molar-refractivity contribution is -0.136. The molecule has 0 radical (unpaired) electrons. The van der Waals surface area contributed by atoms with Crippen molar-refractivity contribution in [3.63, 3.8) is 0 Å². The van der Waals surface area contributed by atoms with E-state index in [9.17, 15) is 9.59 Å². The van der Waals surface area contributed by atoms with E-state index in [4.69, 9.17) is 9.47 Å². The Labute approximate surface area is 181 Å². The van der Waals surface area contributed by atoms with Gasteiger partial charge in [-0.2, -0.15) is 0 Å². The number of aromatic nitrogens is 1. The van der Waals surface area contributed by atoms with Crippen LogP contribution in [0.3, 0.4) is 0 Å². The third kappa shape index (κ3) is 3.42. The SMILES string of the molecule is COC(=O)C1=C(C)N=c2s/c(=C\c3sccc3C)c(=O)n2C1c1ccc(OC)cc1. The fourth-order valence-electron chi connectivity index (χ4n) is 3.45. The molecule has 154 valence electrons. The number of ether oxygens (including phenoxy) is 2. The largest absolute Gasteiger partial charge is 0.497 e. The topological polar surface area (TPSA) is 69.9 Å². The third-order valence-electron chi connectivity index (χ3n) is 5.02. The summed E-state index contributed by atoms with van der Waals surface area (Å²) in [6.45, 7) is 3.78. The molecule has 0 bridgehead atoms. The van der Waals surface area contributed by atoms with E-state index in [1.54, 1.807) is 29.9 Å². The molecule has 1 aliphatic heterocycles. The summed E-state index contributed by atoms with van der Waals surface area (Å²) < 4.78 is 12.4. The number of allylic oxidation sites excluding steroid dienone is 1. The number of fused-ring (bicyclic) bond motifs is 1. The molecule has 0 saturated carbocycles. The molecule has 0 amide bonds. The predicted molar refractivity (Wildman–Crippen MR) is 118 cm³/mol. The monoisotopic (exact) mass is 440 g/mol. The Morgan fingerprint density at radius 2 is 1.90 bits per heavy atom. The van der Waals surface area contributed by atoms with Crippen molar-refractivity contribution in [2.45, 2.75) is 19.9 Å². The number of esters is 1. The highest BCUT2D eigenvalue weighted by Crippen LogP contribution is 2.31. The van der Waals surface area contributed by atoms with E-state index < -0.39 is 12.0 Å². The summed E-state index contributed by atoms with van der Waals surface area (Å²) in [6.07, 6.45) is 1.89. The van der Waals surface area contributed by atoms with E-state index in [1.165, 1.54) is 18.4 Å². The van der Waals surface area contributed by atoms with E-state index in [-0.39, 0.29) is 5.56 Å². The number of hydrogen-bond donors (Lipinski definition) is 0. The molecular weight excluding hydrogens is 420 g/mol. The second kappa shape index (κ2) is 8.04. The zero-order valence-corrected chi connectivity index (χ0v) is 18.6. The number of carbonyl (C=O) groups excluding carboxylic acids is 1. The number of aryl methyl sites for hydroxylation is 1. The van der Waals surface area contributed by atoms with Gasteiger partial charge >= 0.3 is 5.97 Å². The van der Waals surface area contributed by atoms with Crippen LogP contribution in [0.1, 0.15) is 29.0 Å². The Bertz CT molecular complexity index is 1330. The van der Waals surface area contributed by atoms with E-state index in [0.717, 1.165) is 16.0 Å². The van der Waals surface area contributed by atoms with Crippen molar-refractivity contribution < 1.29 is 14.3 Å². The van der Waals surface area contributed by atoms with Crippen molar-refractivity contribution in [3.8, 4) is 5.75 Å². The first-order chi connectivity index (χ1) is 14.4. The predicted octanol–water partition coefficient (Wildman–Crippen LogP) is 2.79. The number of hydrogen-bond acceptors (Lipinski definition) is 7. The molecule has 0 saturated heterocycles. The number of thiazole rings is 1. The molecular formula is C22H20N2O4S2. The molecule has 3 heterocycles. The van der Waals surface area contributed by atoms with Gasteiger partial charge in [0.25, 0.3) is 5.56 Å². The van der Waals surface area contributed by atoms with Crippen LogP contribution in [0, 0.1) is 6.92 Å². The summed E-state index contributed by atoms with van der Waals surface area (Å²) in [7, 11) is 2.92. The van der Waals surface area contributed by atoms with Crippen LogP contribution < -0.4 is 19.6 Å². The van der Waals surface area contributed by atoms with Gasteiger partial charge in [-0.15, -0.1) is 11.3 Å². The van der Waals surface area contributed by atoms with Gasteiger partial charge in [0.05, 0.1) is 36.1 Å². The average molecular weight is 441 g/mol. The maximum Gasteiger partial charge on any atom is 0.338 e. The van der Waals surface area contributed by atoms with Crippen LogP contribution in [-0.4, -0.2) is 24.8 Å². The quantitative estimate of drug-likeness (QED) is 0.585. The number of benzene rings is 1. The molecule has 3 aromatic rings. The smallest absolute Gasteiger partial charge is 0.338 e. The van der Waals surface area contributed by atoms with Crippen LogP contribution in [0.5, 0.6) is 5.75 Å². The minimum Gasteiger partial charge on any atom is -0.497 e. The number of carbonyl (C=O) groups is 1. The lowest BCUT2D eigenvalue weighted by Crippen LogP contribution is -2.39. The minimum atomic E-state index is -0.619. The lowest BCUT2D eigenvalue weighted by Gasteiger charge is -2.24. The van der Waals surface area contributed by atoms with Crippen molar-refractivity contribution in [1.29, 1.82) is 0 Å². The van der Waals surface area contributed by atoms with Gasteiger partial charge in [-0.05, 0) is 54.6 Å². The van der Waals surface area contributed by atoms with Gasteiger partial charge in [0, 0.05) is 4.88 Å². The normalized spacial score (nSPS) is 16.3. The van der Waals surface area contributed by atoms with Gasteiger partial charge in [0.15, 0.2) is 4.80 Å². The van der Waals surface area contributed by atoms with Crippen LogP contribution in [0.2, 0.25) is 0 Å². The first kappa shape index (κ1) is 20.3. The van der Waals surface area contributed by atoms with Crippen molar-refractivity contribution >= 4 is 34.7 Å². The minimum absolute atomic E-state index is 0.179. The first-order valence-electron chi connectivity index (χ1n) is 9.23. The van der Waals surface area contributed by atoms with Crippen molar-refractivity contribution in [2.24, 2.45) is 4.99 Å². The van der Waals surface area contributed by atoms with Gasteiger partial charge < -0.3 is 9.47 Å². The maximum atomic E-state index is 13.4. The molecule has 6 nitrogen and oxygen atoms in total. The Balaban J connectivity index is 1.97. The number of methoxy groups -OCH3 is 2. The van der Waals surface area contributed by atoms with Crippen LogP contribution in [0.4, 0.5) is 0 Å². The summed E-state index contributed by atoms with van der Waals surface area (Å²) in [6, 6.07) is 8.73. The fraction of sp³-hybridized carbons (Fsp3) is 0.227. The summed E-state index contributed by atoms with van der Waals surface area (Å²) >= 11 is 2.91. The highest BCUT2D eigenvalue weighted by molar-refractivity contribution is 7.11. The van der Waals surface area contributed by atoms with Crippen LogP contribution >= 0.6 is 22.7 Å². The summed E-state index contributed by atoms with van der Waals surface area (Å²) in [4.78, 5) is 32.2. The summed E-state index contributed by atoms with van der Waals surface area (Å²) in [5.41, 5.74) is 2.62. The Morgan fingerprint density at radius 3 is 2.50 bits per heavy atom. The van der Waals surface area contributed by atoms with Gasteiger partial charge in [0.1, 0.15) is 5.75 Å². The Morgan fingerprint density at radius 1 is 1.17 bits per heavy atom. The van der Waals surface area contributed by atoms with E-state index in [2.05, 4.69) is 4.99 Å². The zero-order chi connectivity index (χ0) is 21.4. The highest BCUT2D eigenvalue weighted by Gasteiger charge is 2.33. The lowest BCUT2D eigenvalue weighted by atomic mass is 9.96. The average Bonchev–Trinajstić information content (AvgIpc) is 3.29. The maximum absolute atomic E-state index is 13.4. The molecule has 1 unspecified atom stereocenters. The molecule has 1 atom stereocenters. The van der Waals surface area contributed by atoms with Gasteiger partial charge in [-0.1, -0.05) is 23.5 Å². The van der Waals surface area contributed by atoms with E-state index in [1.807, 2.05) is 48.7 Å². The second-order valence-corrected chi connectivity index (χ2v) is 8.77. The molecule has 0 spiro atoms. The molecule has 4 rings (SSSR count). The zero-order valence-electron chi connectivity index (χ0n) is 17.0. The molecule has 2 aromatic heterocycles. The van der Waals surface area contributed by atoms with Crippen LogP contribution in [0.25, 0.3) is 6.08 Å². The number of rotatable bonds is 4. The summed E-state index contributed by atoms with van der Waals surface area (Å²) in [5.74, 6) is 0.195. The standard InChI is InChI=1S/C22H20N2O4S2/c1-12-9-10-29-16(12)11-17-20(25)24-19(14-5-7-15(27-3)8-6-14)18(21(26)28-4)13(2)23-22(24)30-17/h5-11,19H,1-4H3/b17-11-. The van der Waals surface area contributed by atoms with Crippen molar-refractivity contribution in [3.05, 3.63) is 82.7 Å². The fourth-order valence-corrected chi connectivity index (χ4v) is 5.41. The molecule has 30 heavy (non-hydrogen) atoms. The van der Waals surface area contributed by atoms with Gasteiger partial charge in [-0.3, -0.25) is 9.36 Å². The Hall–Kier alpha value is -2.97. The molecule has 1 aliphatic rings. The number of nitrogens with zero attached hydrogens (tertiary/aromatic N) is 2. The number of thiophene rings is 1. The van der Waals surface area contributed by atoms with E-state index in [0.29, 0.717) is 26.4 Å². The molecule has 0 aliphatic carbocycles. The Kier molecular flexibility index (Phi) is 5.44. The van der Waals surface area contributed by atoms with E-state index >= 15 is 0 Å². The van der Waals surface area contributed by atoms with Gasteiger partial charge in [0.2, 0.25) is 0 Å².